The Hall–Kier alpha value is -1.66. The molecule has 0 saturated carbocycles. The highest BCUT2D eigenvalue weighted by molar-refractivity contribution is 5.67. The topological polar surface area (TPSA) is 71.7 Å². The summed E-state index contributed by atoms with van der Waals surface area (Å²) in [5.41, 5.74) is 0.578. The number of aliphatic hydroxyl groups excluding tert-OH is 1. The summed E-state index contributed by atoms with van der Waals surface area (Å²) in [6, 6.07) is 1.90. The van der Waals surface area contributed by atoms with Crippen molar-refractivity contribution in [2.45, 2.75) is 18.4 Å². The van der Waals surface area contributed by atoms with Gasteiger partial charge in [-0.1, -0.05) is 0 Å². The second-order valence-corrected chi connectivity index (χ2v) is 4.61. The molecule has 0 spiro atoms. The average Bonchev–Trinajstić information content (AvgIpc) is 2.89. The van der Waals surface area contributed by atoms with Gasteiger partial charge in [0.2, 0.25) is 0 Å². The molecule has 0 aromatic carbocycles. The summed E-state index contributed by atoms with van der Waals surface area (Å²) in [6.07, 6.45) is 6.79. The van der Waals surface area contributed by atoms with Gasteiger partial charge in [-0.15, -0.1) is 0 Å². The first-order chi connectivity index (χ1) is 8.83. The smallest absolute Gasteiger partial charge is 0.152 e. The Balaban J connectivity index is 1.92. The van der Waals surface area contributed by atoms with E-state index in [9.17, 15) is 5.11 Å². The molecular weight excluding hydrogens is 232 g/mol. The van der Waals surface area contributed by atoms with E-state index in [1.54, 1.807) is 23.1 Å². The van der Waals surface area contributed by atoms with Crippen LogP contribution in [0.1, 0.15) is 12.8 Å². The van der Waals surface area contributed by atoms with E-state index in [1.807, 2.05) is 6.07 Å². The van der Waals surface area contributed by atoms with Crippen LogP contribution in [0.2, 0.25) is 0 Å². The van der Waals surface area contributed by atoms with Gasteiger partial charge in [-0.05, 0) is 18.9 Å². The van der Waals surface area contributed by atoms with Crippen molar-refractivity contribution < 1.29 is 9.84 Å². The van der Waals surface area contributed by atoms with E-state index in [0.29, 0.717) is 13.2 Å². The fourth-order valence-electron chi connectivity index (χ4n) is 2.29. The molecule has 96 valence electrons. The summed E-state index contributed by atoms with van der Waals surface area (Å²) in [5, 5.41) is 17.2. The third-order valence-electron chi connectivity index (χ3n) is 3.46. The highest BCUT2D eigenvalue weighted by atomic mass is 16.5. The normalized spacial score (nSPS) is 18.9. The minimum atomic E-state index is -0.336. The van der Waals surface area contributed by atoms with Gasteiger partial charge in [-0.25, -0.2) is 9.50 Å². The summed E-state index contributed by atoms with van der Waals surface area (Å²) >= 11 is 0. The minimum Gasteiger partial charge on any atom is -0.394 e. The second kappa shape index (κ2) is 4.55. The Morgan fingerprint density at radius 3 is 3.00 bits per heavy atom. The molecule has 2 aromatic heterocycles. The molecule has 18 heavy (non-hydrogen) atoms. The van der Waals surface area contributed by atoms with E-state index >= 15 is 0 Å². The van der Waals surface area contributed by atoms with Crippen molar-refractivity contribution >= 4 is 11.3 Å². The number of fused-ring (bicyclic) bond motifs is 1. The predicted molar refractivity (Wildman–Crippen MR) is 66.5 cm³/mol. The molecule has 0 radical (unpaired) electrons. The molecule has 1 aliphatic rings. The van der Waals surface area contributed by atoms with E-state index in [-0.39, 0.29) is 12.1 Å². The van der Waals surface area contributed by atoms with E-state index in [2.05, 4.69) is 15.4 Å². The van der Waals surface area contributed by atoms with Crippen molar-refractivity contribution in [2.75, 3.05) is 25.1 Å². The fourth-order valence-corrected chi connectivity index (χ4v) is 2.29. The molecule has 6 heteroatoms. The van der Waals surface area contributed by atoms with Crippen LogP contribution in [0.15, 0.2) is 24.7 Å². The largest absolute Gasteiger partial charge is 0.394 e. The molecule has 0 amide bonds. The van der Waals surface area contributed by atoms with Crippen LogP contribution in [0.5, 0.6) is 0 Å². The highest BCUT2D eigenvalue weighted by Crippen LogP contribution is 2.26. The molecule has 2 aromatic rings. The van der Waals surface area contributed by atoms with Gasteiger partial charge in [0.05, 0.1) is 18.3 Å². The first kappa shape index (κ1) is 11.4. The summed E-state index contributed by atoms with van der Waals surface area (Å²) < 4.78 is 7.11. The SMILES string of the molecule is OCC1(Nc2nccn3nccc23)CCOCC1. The van der Waals surface area contributed by atoms with Gasteiger partial charge in [-0.3, -0.25) is 0 Å². The third-order valence-corrected chi connectivity index (χ3v) is 3.46. The van der Waals surface area contributed by atoms with Crippen LogP contribution < -0.4 is 5.32 Å². The molecule has 1 saturated heterocycles. The maximum Gasteiger partial charge on any atom is 0.152 e. The second-order valence-electron chi connectivity index (χ2n) is 4.61. The molecule has 6 nitrogen and oxygen atoms in total. The number of rotatable bonds is 3. The lowest BCUT2D eigenvalue weighted by atomic mass is 9.91. The molecule has 3 rings (SSSR count). The zero-order valence-corrected chi connectivity index (χ0v) is 10.0. The van der Waals surface area contributed by atoms with Crippen molar-refractivity contribution in [3.63, 3.8) is 0 Å². The van der Waals surface area contributed by atoms with Crippen LogP contribution in [-0.2, 0) is 4.74 Å². The summed E-state index contributed by atoms with van der Waals surface area (Å²) in [6.45, 7) is 1.40. The van der Waals surface area contributed by atoms with Crippen molar-refractivity contribution in [3.8, 4) is 0 Å². The van der Waals surface area contributed by atoms with Crippen molar-refractivity contribution in [1.29, 1.82) is 0 Å². The monoisotopic (exact) mass is 248 g/mol. The Morgan fingerprint density at radius 2 is 2.22 bits per heavy atom. The highest BCUT2D eigenvalue weighted by Gasteiger charge is 2.32. The number of hydrogen-bond acceptors (Lipinski definition) is 5. The molecule has 0 bridgehead atoms. The Bertz CT molecular complexity index is 534. The standard InChI is InChI=1S/C12H16N4O2/c17-9-12(2-7-18-8-3-12)15-11-10-1-4-14-16(10)6-5-13-11/h1,4-6,17H,2-3,7-9H2,(H,13,15). The van der Waals surface area contributed by atoms with Gasteiger partial charge < -0.3 is 15.2 Å². The summed E-state index contributed by atoms with van der Waals surface area (Å²) in [7, 11) is 0. The Morgan fingerprint density at radius 1 is 1.39 bits per heavy atom. The minimum absolute atomic E-state index is 0.0766. The Labute approximate surface area is 105 Å². The molecule has 2 N–H and O–H groups in total. The van der Waals surface area contributed by atoms with E-state index < -0.39 is 0 Å². The molecule has 3 heterocycles. The van der Waals surface area contributed by atoms with E-state index in [1.165, 1.54) is 0 Å². The van der Waals surface area contributed by atoms with E-state index in [4.69, 9.17) is 4.74 Å². The van der Waals surface area contributed by atoms with Crippen molar-refractivity contribution in [1.82, 2.24) is 14.6 Å². The van der Waals surface area contributed by atoms with Crippen LogP contribution in [-0.4, -0.2) is 45.1 Å². The first-order valence-electron chi connectivity index (χ1n) is 6.08. The first-order valence-corrected chi connectivity index (χ1v) is 6.08. The lowest BCUT2D eigenvalue weighted by molar-refractivity contribution is 0.0379. The predicted octanol–water partition coefficient (Wildman–Crippen LogP) is 0.683. The molecule has 1 fully saturated rings. The van der Waals surface area contributed by atoms with Gasteiger partial charge in [0, 0.05) is 25.6 Å². The van der Waals surface area contributed by atoms with Crippen LogP contribution in [0.4, 0.5) is 5.82 Å². The van der Waals surface area contributed by atoms with Crippen molar-refractivity contribution in [2.24, 2.45) is 0 Å². The lowest BCUT2D eigenvalue weighted by Gasteiger charge is -2.36. The molecule has 1 aliphatic heterocycles. The van der Waals surface area contributed by atoms with Gasteiger partial charge in [0.1, 0.15) is 5.52 Å². The number of anilines is 1. The van der Waals surface area contributed by atoms with Gasteiger partial charge in [0.25, 0.3) is 0 Å². The number of aromatic nitrogens is 3. The Kier molecular flexibility index (Phi) is 2.89. The quantitative estimate of drug-likeness (QED) is 0.836. The van der Waals surface area contributed by atoms with Crippen LogP contribution >= 0.6 is 0 Å². The number of ether oxygens (including phenoxy) is 1. The number of aliphatic hydroxyl groups is 1. The molecule has 0 unspecified atom stereocenters. The van der Waals surface area contributed by atoms with Crippen LogP contribution in [0.25, 0.3) is 5.52 Å². The van der Waals surface area contributed by atoms with Crippen molar-refractivity contribution in [3.05, 3.63) is 24.7 Å². The average molecular weight is 248 g/mol. The van der Waals surface area contributed by atoms with E-state index in [0.717, 1.165) is 24.2 Å². The van der Waals surface area contributed by atoms with Gasteiger partial charge in [0.15, 0.2) is 5.82 Å². The fraction of sp³-hybridized carbons (Fsp3) is 0.500. The number of hydrogen-bond donors (Lipinski definition) is 2. The summed E-state index contributed by atoms with van der Waals surface area (Å²) in [4.78, 5) is 4.34. The van der Waals surface area contributed by atoms with Gasteiger partial charge >= 0.3 is 0 Å². The zero-order valence-electron chi connectivity index (χ0n) is 10.0. The molecule has 0 atom stereocenters. The summed E-state index contributed by atoms with van der Waals surface area (Å²) in [5.74, 6) is 0.756. The maximum atomic E-state index is 9.66. The third kappa shape index (κ3) is 1.93. The number of nitrogens with one attached hydrogen (secondary N) is 1. The molecule has 0 aliphatic carbocycles. The number of nitrogens with zero attached hydrogens (tertiary/aromatic N) is 3. The van der Waals surface area contributed by atoms with Crippen LogP contribution in [0, 0.1) is 0 Å². The maximum absolute atomic E-state index is 9.66. The van der Waals surface area contributed by atoms with Gasteiger partial charge in [-0.2, -0.15) is 5.10 Å². The van der Waals surface area contributed by atoms with Crippen LogP contribution in [0.3, 0.4) is 0 Å². The zero-order chi connectivity index (χ0) is 12.4. The molecular formula is C12H16N4O2. The lowest BCUT2D eigenvalue weighted by Crippen LogP contribution is -2.47.